The lowest BCUT2D eigenvalue weighted by atomic mass is 10.1. The van der Waals surface area contributed by atoms with E-state index < -0.39 is 0 Å². The van der Waals surface area contributed by atoms with Gasteiger partial charge in [0.2, 0.25) is 0 Å². The number of likely N-dealkylation sites (tertiary alicyclic amines) is 1. The molecule has 2 heterocycles. The molecule has 0 spiro atoms. The second-order valence-electron chi connectivity index (χ2n) is 6.10. The highest BCUT2D eigenvalue weighted by atomic mass is 35.5. The van der Waals surface area contributed by atoms with E-state index >= 15 is 0 Å². The van der Waals surface area contributed by atoms with E-state index in [0.29, 0.717) is 11.6 Å². The molecule has 1 aromatic carbocycles. The van der Waals surface area contributed by atoms with Gasteiger partial charge in [-0.15, -0.1) is 0 Å². The number of methoxy groups -OCH3 is 1. The summed E-state index contributed by atoms with van der Waals surface area (Å²) in [5, 5.41) is 0.662. The third kappa shape index (κ3) is 4.69. The van der Waals surface area contributed by atoms with Crippen molar-refractivity contribution in [3.05, 3.63) is 58.9 Å². The molecule has 4 nitrogen and oxygen atoms in total. The van der Waals surface area contributed by atoms with Crippen molar-refractivity contribution in [2.45, 2.75) is 32.1 Å². The minimum Gasteiger partial charge on any atom is -0.495 e. The summed E-state index contributed by atoms with van der Waals surface area (Å²) < 4.78 is 11.3. The highest BCUT2D eigenvalue weighted by Gasteiger charge is 2.21. The van der Waals surface area contributed by atoms with Crippen LogP contribution in [0.1, 0.15) is 24.1 Å². The standard InChI is InChI=1S/C19H23ClN2O2/c1-23-19-8-7-15(11-18(19)20)12-22-10-4-6-17(13-22)24-14-16-5-2-3-9-21-16/h2-3,5,7-9,11,17H,4,6,10,12-14H2,1H3/t17-/m0/s1. The molecule has 0 saturated carbocycles. The Balaban J connectivity index is 1.52. The third-order valence-corrected chi connectivity index (χ3v) is 4.57. The smallest absolute Gasteiger partial charge is 0.137 e. The van der Waals surface area contributed by atoms with Gasteiger partial charge < -0.3 is 9.47 Å². The van der Waals surface area contributed by atoms with Crippen molar-refractivity contribution in [3.63, 3.8) is 0 Å². The molecular weight excluding hydrogens is 324 g/mol. The molecule has 1 saturated heterocycles. The Hall–Kier alpha value is -1.62. The molecule has 1 aliphatic heterocycles. The predicted molar refractivity (Wildman–Crippen MR) is 95.3 cm³/mol. The van der Waals surface area contributed by atoms with Gasteiger partial charge in [-0.2, -0.15) is 0 Å². The van der Waals surface area contributed by atoms with Crippen LogP contribution in [0.25, 0.3) is 0 Å². The Morgan fingerprint density at radius 1 is 1.29 bits per heavy atom. The summed E-state index contributed by atoms with van der Waals surface area (Å²) >= 11 is 6.22. The van der Waals surface area contributed by atoms with E-state index in [4.69, 9.17) is 21.1 Å². The topological polar surface area (TPSA) is 34.6 Å². The van der Waals surface area contributed by atoms with Gasteiger partial charge in [0, 0.05) is 19.3 Å². The maximum Gasteiger partial charge on any atom is 0.137 e. The summed E-state index contributed by atoms with van der Waals surface area (Å²) in [6.07, 6.45) is 4.32. The molecular formula is C19H23ClN2O2. The van der Waals surface area contributed by atoms with Crippen LogP contribution in [0.3, 0.4) is 0 Å². The molecule has 1 aliphatic rings. The fourth-order valence-electron chi connectivity index (χ4n) is 3.05. The van der Waals surface area contributed by atoms with Crippen molar-refractivity contribution < 1.29 is 9.47 Å². The molecule has 0 amide bonds. The molecule has 1 aromatic heterocycles. The first-order valence-corrected chi connectivity index (χ1v) is 8.68. The Morgan fingerprint density at radius 2 is 2.21 bits per heavy atom. The summed E-state index contributed by atoms with van der Waals surface area (Å²) in [5.74, 6) is 0.718. The normalized spacial score (nSPS) is 18.5. The lowest BCUT2D eigenvalue weighted by Gasteiger charge is -2.32. The Bertz CT molecular complexity index is 651. The Kier molecular flexibility index (Phi) is 6.07. The number of aromatic nitrogens is 1. The van der Waals surface area contributed by atoms with Gasteiger partial charge in [0.05, 0.1) is 30.5 Å². The summed E-state index contributed by atoms with van der Waals surface area (Å²) in [6, 6.07) is 11.9. The van der Waals surface area contributed by atoms with Crippen molar-refractivity contribution >= 4 is 11.6 Å². The number of ether oxygens (including phenoxy) is 2. The van der Waals surface area contributed by atoms with Gasteiger partial charge in [-0.1, -0.05) is 23.7 Å². The summed E-state index contributed by atoms with van der Waals surface area (Å²) in [6.45, 7) is 3.49. The average molecular weight is 347 g/mol. The molecule has 0 unspecified atom stereocenters. The Labute approximate surface area is 148 Å². The van der Waals surface area contributed by atoms with E-state index in [-0.39, 0.29) is 6.10 Å². The number of piperidine rings is 1. The first-order chi connectivity index (χ1) is 11.7. The molecule has 0 N–H and O–H groups in total. The first-order valence-electron chi connectivity index (χ1n) is 8.31. The van der Waals surface area contributed by atoms with Crippen LogP contribution in [-0.2, 0) is 17.9 Å². The van der Waals surface area contributed by atoms with E-state index in [1.165, 1.54) is 5.56 Å². The van der Waals surface area contributed by atoms with Gasteiger partial charge in [-0.05, 0) is 49.2 Å². The van der Waals surface area contributed by atoms with E-state index in [9.17, 15) is 0 Å². The van der Waals surface area contributed by atoms with Crippen LogP contribution in [-0.4, -0.2) is 36.2 Å². The minimum absolute atomic E-state index is 0.259. The monoisotopic (exact) mass is 346 g/mol. The van der Waals surface area contributed by atoms with E-state index in [1.54, 1.807) is 13.3 Å². The van der Waals surface area contributed by atoms with E-state index in [2.05, 4.69) is 16.0 Å². The van der Waals surface area contributed by atoms with Crippen molar-refractivity contribution in [2.24, 2.45) is 0 Å². The number of benzene rings is 1. The molecule has 1 fully saturated rings. The van der Waals surface area contributed by atoms with E-state index in [0.717, 1.165) is 43.9 Å². The summed E-state index contributed by atoms with van der Waals surface area (Å²) in [5.41, 5.74) is 2.18. The van der Waals surface area contributed by atoms with Gasteiger partial charge in [0.15, 0.2) is 0 Å². The molecule has 5 heteroatoms. The van der Waals surface area contributed by atoms with Crippen LogP contribution in [0, 0.1) is 0 Å². The number of nitrogens with zero attached hydrogens (tertiary/aromatic N) is 2. The predicted octanol–water partition coefficient (Wildman–Crippen LogP) is 3.92. The largest absolute Gasteiger partial charge is 0.495 e. The zero-order valence-electron chi connectivity index (χ0n) is 14.0. The fourth-order valence-corrected chi connectivity index (χ4v) is 3.33. The molecule has 0 aliphatic carbocycles. The molecule has 128 valence electrons. The Morgan fingerprint density at radius 3 is 2.96 bits per heavy atom. The van der Waals surface area contributed by atoms with E-state index in [1.807, 2.05) is 30.3 Å². The average Bonchev–Trinajstić information content (AvgIpc) is 2.61. The van der Waals surface area contributed by atoms with Gasteiger partial charge >= 0.3 is 0 Å². The highest BCUT2D eigenvalue weighted by Crippen LogP contribution is 2.26. The summed E-state index contributed by atoms with van der Waals surface area (Å²) in [4.78, 5) is 6.73. The lowest BCUT2D eigenvalue weighted by molar-refractivity contribution is -0.0132. The van der Waals surface area contributed by atoms with Crippen LogP contribution in [0.15, 0.2) is 42.6 Å². The number of hydrogen-bond acceptors (Lipinski definition) is 4. The molecule has 24 heavy (non-hydrogen) atoms. The number of rotatable bonds is 6. The van der Waals surface area contributed by atoms with Gasteiger partial charge in [0.25, 0.3) is 0 Å². The zero-order chi connectivity index (χ0) is 16.8. The van der Waals surface area contributed by atoms with Crippen LogP contribution < -0.4 is 4.74 Å². The van der Waals surface area contributed by atoms with Crippen molar-refractivity contribution in [2.75, 3.05) is 20.2 Å². The van der Waals surface area contributed by atoms with Gasteiger partial charge in [-0.3, -0.25) is 9.88 Å². The number of halogens is 1. The number of hydrogen-bond donors (Lipinski definition) is 0. The van der Waals surface area contributed by atoms with Crippen molar-refractivity contribution in [1.82, 2.24) is 9.88 Å². The van der Waals surface area contributed by atoms with Crippen LogP contribution >= 0.6 is 11.6 Å². The van der Waals surface area contributed by atoms with Crippen LogP contribution in [0.2, 0.25) is 5.02 Å². The SMILES string of the molecule is COc1ccc(CN2CCC[C@H](OCc3ccccn3)C2)cc1Cl. The fraction of sp³-hybridized carbons (Fsp3) is 0.421. The van der Waals surface area contributed by atoms with Crippen LogP contribution in [0.5, 0.6) is 5.75 Å². The maximum atomic E-state index is 6.22. The number of pyridine rings is 1. The van der Waals surface area contributed by atoms with Crippen LogP contribution in [0.4, 0.5) is 0 Å². The quantitative estimate of drug-likeness (QED) is 0.794. The summed E-state index contributed by atoms with van der Waals surface area (Å²) in [7, 11) is 1.63. The second-order valence-corrected chi connectivity index (χ2v) is 6.51. The van der Waals surface area contributed by atoms with Crippen molar-refractivity contribution in [3.8, 4) is 5.75 Å². The molecule has 0 radical (unpaired) electrons. The minimum atomic E-state index is 0.259. The van der Waals surface area contributed by atoms with Gasteiger partial charge in [0.1, 0.15) is 5.75 Å². The highest BCUT2D eigenvalue weighted by molar-refractivity contribution is 6.32. The maximum absolute atomic E-state index is 6.22. The van der Waals surface area contributed by atoms with Crippen molar-refractivity contribution in [1.29, 1.82) is 0 Å². The lowest BCUT2D eigenvalue weighted by Crippen LogP contribution is -2.39. The third-order valence-electron chi connectivity index (χ3n) is 4.28. The molecule has 0 bridgehead atoms. The first kappa shape index (κ1) is 17.2. The molecule has 3 rings (SSSR count). The van der Waals surface area contributed by atoms with Gasteiger partial charge in [-0.25, -0.2) is 0 Å². The molecule has 2 aromatic rings. The molecule has 1 atom stereocenters. The zero-order valence-corrected chi connectivity index (χ0v) is 14.7. The second kappa shape index (κ2) is 8.47.